The van der Waals surface area contributed by atoms with Crippen LogP contribution in [0.1, 0.15) is 34.1 Å². The van der Waals surface area contributed by atoms with Crippen LogP contribution in [0.4, 0.5) is 11.4 Å². The monoisotopic (exact) mass is 390 g/mol. The van der Waals surface area contributed by atoms with E-state index in [1.807, 2.05) is 43.0 Å². The Balaban J connectivity index is 1.85. The maximum atomic E-state index is 12.2. The Kier molecular flexibility index (Phi) is 7.59. The van der Waals surface area contributed by atoms with Crippen LogP contribution < -0.4 is 15.5 Å². The molecular formula is C20H30N4O2S. The highest BCUT2D eigenvalue weighted by Crippen LogP contribution is 2.20. The maximum Gasteiger partial charge on any atom is 0.228 e. The Labute approximate surface area is 167 Å². The second kappa shape index (κ2) is 9.69. The number of rotatable bonds is 5. The summed E-state index contributed by atoms with van der Waals surface area (Å²) in [4.78, 5) is 28.1. The summed E-state index contributed by atoms with van der Waals surface area (Å²) in [5.74, 6) is 0.431. The van der Waals surface area contributed by atoms with Crippen molar-refractivity contribution in [2.75, 3.05) is 36.4 Å². The van der Waals surface area contributed by atoms with Crippen molar-refractivity contribution in [3.63, 3.8) is 0 Å². The Hall–Kier alpha value is -2.15. The van der Waals surface area contributed by atoms with Crippen LogP contribution in [0.5, 0.6) is 0 Å². The van der Waals surface area contributed by atoms with Crippen molar-refractivity contribution < 1.29 is 9.59 Å². The number of carbonyl (C=O) groups is 2. The van der Waals surface area contributed by atoms with Crippen molar-refractivity contribution >= 4 is 40.5 Å². The summed E-state index contributed by atoms with van der Waals surface area (Å²) in [5, 5.41) is 6.00. The highest BCUT2D eigenvalue weighted by atomic mass is 32.1. The van der Waals surface area contributed by atoms with Gasteiger partial charge in [-0.3, -0.25) is 9.59 Å². The van der Waals surface area contributed by atoms with E-state index in [0.717, 1.165) is 37.6 Å². The summed E-state index contributed by atoms with van der Waals surface area (Å²) in [7, 11) is 0. The second-order valence-corrected chi connectivity index (χ2v) is 8.02. The van der Waals surface area contributed by atoms with E-state index in [2.05, 4.69) is 29.4 Å². The van der Waals surface area contributed by atoms with Crippen molar-refractivity contribution in [2.24, 2.45) is 11.8 Å². The maximum absolute atomic E-state index is 12.2. The Morgan fingerprint density at radius 1 is 1.04 bits per heavy atom. The van der Waals surface area contributed by atoms with E-state index in [9.17, 15) is 9.59 Å². The molecule has 2 N–H and O–H groups in total. The van der Waals surface area contributed by atoms with Gasteiger partial charge in [0.05, 0.1) is 0 Å². The number of hydrogen-bond donors (Lipinski definition) is 2. The van der Waals surface area contributed by atoms with Gasteiger partial charge in [-0.15, -0.1) is 0 Å². The molecule has 2 amide bonds. The Bertz CT molecular complexity index is 665. The molecule has 0 spiro atoms. The van der Waals surface area contributed by atoms with Crippen LogP contribution in [-0.4, -0.2) is 48.0 Å². The molecule has 27 heavy (non-hydrogen) atoms. The molecule has 1 fully saturated rings. The molecule has 1 aliphatic heterocycles. The van der Waals surface area contributed by atoms with Gasteiger partial charge in [0.1, 0.15) is 0 Å². The van der Waals surface area contributed by atoms with Crippen molar-refractivity contribution in [2.45, 2.75) is 34.1 Å². The topological polar surface area (TPSA) is 64.7 Å². The average molecular weight is 391 g/mol. The number of hydrogen-bond acceptors (Lipinski definition) is 4. The molecular weight excluding hydrogens is 360 g/mol. The van der Waals surface area contributed by atoms with Crippen LogP contribution in [0.25, 0.3) is 0 Å². The molecule has 0 aliphatic carbocycles. The van der Waals surface area contributed by atoms with Gasteiger partial charge in [0.2, 0.25) is 11.8 Å². The fourth-order valence-electron chi connectivity index (χ4n) is 2.87. The van der Waals surface area contributed by atoms with Crippen LogP contribution in [0.2, 0.25) is 0 Å². The van der Waals surface area contributed by atoms with Gasteiger partial charge in [0, 0.05) is 49.9 Å². The van der Waals surface area contributed by atoms with Crippen LogP contribution >= 0.6 is 12.2 Å². The number of carbonyl (C=O) groups excluding carboxylic acids is 2. The third-order valence-electron chi connectivity index (χ3n) is 4.47. The predicted octanol–water partition coefficient (Wildman–Crippen LogP) is 2.85. The van der Waals surface area contributed by atoms with Crippen LogP contribution in [0, 0.1) is 11.8 Å². The molecule has 0 saturated carbocycles. The van der Waals surface area contributed by atoms with Crippen molar-refractivity contribution in [3.05, 3.63) is 24.3 Å². The van der Waals surface area contributed by atoms with Gasteiger partial charge in [-0.1, -0.05) is 27.7 Å². The molecule has 2 rings (SSSR count). The van der Waals surface area contributed by atoms with Crippen molar-refractivity contribution in [3.8, 4) is 0 Å². The summed E-state index contributed by atoms with van der Waals surface area (Å²) in [6, 6.07) is 7.94. The molecule has 1 heterocycles. The summed E-state index contributed by atoms with van der Waals surface area (Å²) in [6.07, 6.45) is 0.619. The fourth-order valence-corrected chi connectivity index (χ4v) is 3.08. The molecule has 1 aromatic carbocycles. The smallest absolute Gasteiger partial charge is 0.228 e. The van der Waals surface area contributed by atoms with E-state index in [1.54, 1.807) is 0 Å². The predicted molar refractivity (Wildman–Crippen MR) is 114 cm³/mol. The molecule has 0 bridgehead atoms. The molecule has 0 radical (unpaired) electrons. The van der Waals surface area contributed by atoms with Crippen molar-refractivity contribution in [1.29, 1.82) is 0 Å². The SMILES string of the molecule is CC(C)CC(=O)N1CCN(c2ccc(NC(=S)NC(=O)C(C)C)cc2)CC1. The summed E-state index contributed by atoms with van der Waals surface area (Å²) >= 11 is 5.17. The zero-order valence-corrected chi connectivity index (χ0v) is 17.4. The third kappa shape index (κ3) is 6.50. The highest BCUT2D eigenvalue weighted by Gasteiger charge is 2.21. The molecule has 6 nitrogen and oxygen atoms in total. The largest absolute Gasteiger partial charge is 0.368 e. The highest BCUT2D eigenvalue weighted by molar-refractivity contribution is 7.80. The van der Waals surface area contributed by atoms with E-state index in [4.69, 9.17) is 12.2 Å². The third-order valence-corrected chi connectivity index (χ3v) is 4.67. The zero-order chi connectivity index (χ0) is 20.0. The fraction of sp³-hybridized carbons (Fsp3) is 0.550. The number of nitrogens with zero attached hydrogens (tertiary/aromatic N) is 2. The minimum Gasteiger partial charge on any atom is -0.368 e. The molecule has 7 heteroatoms. The molecule has 0 atom stereocenters. The lowest BCUT2D eigenvalue weighted by atomic mass is 10.1. The van der Waals surface area contributed by atoms with Gasteiger partial charge in [-0.25, -0.2) is 0 Å². The number of amides is 2. The zero-order valence-electron chi connectivity index (χ0n) is 16.6. The minimum absolute atomic E-state index is 0.103. The molecule has 1 aromatic rings. The average Bonchev–Trinajstić information content (AvgIpc) is 2.61. The van der Waals surface area contributed by atoms with Gasteiger partial charge in [0.25, 0.3) is 0 Å². The van der Waals surface area contributed by atoms with Gasteiger partial charge in [-0.05, 0) is 42.4 Å². The standard InChI is InChI=1S/C20H30N4O2S/c1-14(2)13-18(25)24-11-9-23(10-12-24)17-7-5-16(6-8-17)21-20(27)22-19(26)15(3)4/h5-8,14-15H,9-13H2,1-4H3,(H2,21,22,26,27). The Morgan fingerprint density at radius 3 is 2.15 bits per heavy atom. The quantitative estimate of drug-likeness (QED) is 0.757. The van der Waals surface area contributed by atoms with Crippen LogP contribution in [0.3, 0.4) is 0 Å². The normalized spacial score (nSPS) is 14.4. The first-order valence-corrected chi connectivity index (χ1v) is 9.91. The van der Waals surface area contributed by atoms with Crippen LogP contribution in [0.15, 0.2) is 24.3 Å². The lowest BCUT2D eigenvalue weighted by molar-refractivity contribution is -0.132. The molecule has 1 aliphatic rings. The van der Waals surface area contributed by atoms with E-state index in [0.29, 0.717) is 17.5 Å². The molecule has 0 aromatic heterocycles. The lowest BCUT2D eigenvalue weighted by Crippen LogP contribution is -2.49. The van der Waals surface area contributed by atoms with Gasteiger partial charge in [-0.2, -0.15) is 0 Å². The van der Waals surface area contributed by atoms with E-state index >= 15 is 0 Å². The molecule has 0 unspecified atom stereocenters. The summed E-state index contributed by atoms with van der Waals surface area (Å²) < 4.78 is 0. The number of nitrogens with one attached hydrogen (secondary N) is 2. The summed E-state index contributed by atoms with van der Waals surface area (Å²) in [5.41, 5.74) is 1.95. The lowest BCUT2D eigenvalue weighted by Gasteiger charge is -2.36. The van der Waals surface area contributed by atoms with Gasteiger partial charge >= 0.3 is 0 Å². The number of benzene rings is 1. The minimum atomic E-state index is -0.113. The van der Waals surface area contributed by atoms with Crippen LogP contribution in [-0.2, 0) is 9.59 Å². The van der Waals surface area contributed by atoms with E-state index in [-0.39, 0.29) is 17.7 Å². The molecule has 1 saturated heterocycles. The first-order valence-electron chi connectivity index (χ1n) is 9.51. The van der Waals surface area contributed by atoms with Crippen molar-refractivity contribution in [1.82, 2.24) is 10.2 Å². The second-order valence-electron chi connectivity index (χ2n) is 7.61. The van der Waals surface area contributed by atoms with Gasteiger partial charge in [0.15, 0.2) is 5.11 Å². The summed E-state index contributed by atoms with van der Waals surface area (Å²) in [6.45, 7) is 11.0. The number of anilines is 2. The van der Waals surface area contributed by atoms with E-state index < -0.39 is 0 Å². The van der Waals surface area contributed by atoms with E-state index in [1.165, 1.54) is 0 Å². The Morgan fingerprint density at radius 2 is 1.63 bits per heavy atom. The van der Waals surface area contributed by atoms with Gasteiger partial charge < -0.3 is 20.4 Å². The first kappa shape index (κ1) is 21.2. The first-order chi connectivity index (χ1) is 12.8. The number of piperazine rings is 1. The molecule has 148 valence electrons. The number of thiocarbonyl (C=S) groups is 1.